The third-order valence-electron chi connectivity index (χ3n) is 3.60. The molecular weight excluding hydrogens is 326 g/mol. The van der Waals surface area contributed by atoms with Crippen molar-refractivity contribution in [2.24, 2.45) is 0 Å². The third kappa shape index (κ3) is 3.60. The second kappa shape index (κ2) is 7.50. The van der Waals surface area contributed by atoms with Crippen molar-refractivity contribution in [3.8, 4) is 0 Å². The number of nitrogen functional groups attached to an aromatic ring is 1. The summed E-state index contributed by atoms with van der Waals surface area (Å²) in [5.74, 6) is 0.907. The lowest BCUT2D eigenvalue weighted by Crippen LogP contribution is -2.12. The molecule has 126 valence electrons. The third-order valence-corrected chi connectivity index (χ3v) is 4.66. The zero-order valence-corrected chi connectivity index (χ0v) is 13.9. The van der Waals surface area contributed by atoms with Crippen LogP contribution in [0, 0.1) is 0 Å². The Morgan fingerprint density at radius 2 is 2.04 bits per heavy atom. The number of anilines is 1. The van der Waals surface area contributed by atoms with Gasteiger partial charge in [-0.3, -0.25) is 9.78 Å². The molecule has 7 nitrogen and oxygen atoms in total. The highest BCUT2D eigenvalue weighted by atomic mass is 32.2. The Balaban J connectivity index is 1.75. The van der Waals surface area contributed by atoms with Gasteiger partial charge in [-0.15, -0.1) is 0 Å². The molecule has 3 rings (SSSR count). The van der Waals surface area contributed by atoms with E-state index < -0.39 is 0 Å². The summed E-state index contributed by atoms with van der Waals surface area (Å²) in [5.41, 5.74) is 7.21. The first kappa shape index (κ1) is 16.5. The number of fused-ring (bicyclic) bond motifs is 1. The number of aryl methyl sites for hydroxylation is 1. The molecule has 0 radical (unpaired) electrons. The zero-order chi connectivity index (χ0) is 16.9. The predicted molar refractivity (Wildman–Crippen MR) is 95.1 cm³/mol. The topological polar surface area (TPSA) is 110 Å². The Kier molecular flexibility index (Phi) is 5.17. The minimum atomic E-state index is -0.361. The van der Waals surface area contributed by atoms with Gasteiger partial charge in [-0.1, -0.05) is 42.1 Å². The number of hydrogen-bond acceptors (Lipinski definition) is 6. The number of aliphatic hydroxyl groups excluding tert-OH is 1. The summed E-state index contributed by atoms with van der Waals surface area (Å²) in [6.07, 6.45) is 1.97. The normalized spacial score (nSPS) is 11.2. The Bertz CT molecular complexity index is 875. The maximum absolute atomic E-state index is 12.0. The van der Waals surface area contributed by atoms with Crippen molar-refractivity contribution in [2.45, 2.75) is 24.5 Å². The number of nitrogens with two attached hydrogens (primary N) is 1. The summed E-state index contributed by atoms with van der Waals surface area (Å²) < 4.78 is 1.74. The number of aromatic nitrogens is 4. The molecule has 0 spiro atoms. The van der Waals surface area contributed by atoms with Crippen LogP contribution in [0.5, 0.6) is 0 Å². The van der Waals surface area contributed by atoms with Gasteiger partial charge in [-0.2, -0.15) is 4.98 Å². The first-order valence-electron chi connectivity index (χ1n) is 7.72. The molecule has 0 aliphatic carbocycles. The van der Waals surface area contributed by atoms with Gasteiger partial charge in [0.15, 0.2) is 16.3 Å². The molecule has 0 saturated heterocycles. The van der Waals surface area contributed by atoms with Crippen LogP contribution in [0.4, 0.5) is 5.95 Å². The molecule has 0 saturated carbocycles. The number of hydrogen-bond donors (Lipinski definition) is 3. The molecule has 0 unspecified atom stereocenters. The van der Waals surface area contributed by atoms with Crippen LogP contribution >= 0.6 is 11.8 Å². The lowest BCUT2D eigenvalue weighted by molar-refractivity contribution is 0.273. The monoisotopic (exact) mass is 345 g/mol. The molecular formula is C16H19N5O2S. The predicted octanol–water partition coefficient (Wildman–Crippen LogP) is 1.42. The molecule has 0 bridgehead atoms. The zero-order valence-electron chi connectivity index (χ0n) is 13.1. The fraction of sp³-hybridized carbons (Fsp3) is 0.312. The molecule has 24 heavy (non-hydrogen) atoms. The van der Waals surface area contributed by atoms with Crippen molar-refractivity contribution in [1.29, 1.82) is 0 Å². The Hall–Kier alpha value is -2.32. The largest absolute Gasteiger partial charge is 0.395 e. The van der Waals surface area contributed by atoms with Crippen LogP contribution < -0.4 is 11.3 Å². The van der Waals surface area contributed by atoms with Crippen molar-refractivity contribution >= 4 is 28.9 Å². The van der Waals surface area contributed by atoms with E-state index in [-0.39, 0.29) is 23.6 Å². The van der Waals surface area contributed by atoms with Gasteiger partial charge in [0.25, 0.3) is 5.56 Å². The molecule has 0 aliphatic heterocycles. The fourth-order valence-corrected chi connectivity index (χ4v) is 3.46. The minimum absolute atomic E-state index is 0.0483. The van der Waals surface area contributed by atoms with Crippen LogP contribution in [0.1, 0.15) is 12.0 Å². The van der Waals surface area contributed by atoms with Crippen LogP contribution in [0.2, 0.25) is 0 Å². The van der Waals surface area contributed by atoms with E-state index in [9.17, 15) is 9.90 Å². The summed E-state index contributed by atoms with van der Waals surface area (Å²) in [6, 6.07) is 10.3. The molecule has 2 heterocycles. The highest BCUT2D eigenvalue weighted by Crippen LogP contribution is 2.22. The van der Waals surface area contributed by atoms with Gasteiger partial charge in [-0.25, -0.2) is 4.98 Å². The Labute approximate surface area is 142 Å². The van der Waals surface area contributed by atoms with E-state index in [1.165, 1.54) is 5.56 Å². The van der Waals surface area contributed by atoms with Crippen molar-refractivity contribution in [3.05, 3.63) is 46.2 Å². The number of nitrogens with one attached hydrogen (secondary N) is 1. The van der Waals surface area contributed by atoms with E-state index in [1.54, 1.807) is 16.3 Å². The van der Waals surface area contributed by atoms with E-state index in [1.807, 2.05) is 18.2 Å². The van der Waals surface area contributed by atoms with Crippen LogP contribution in [-0.2, 0) is 13.0 Å². The van der Waals surface area contributed by atoms with Crippen LogP contribution in [0.15, 0.2) is 40.3 Å². The van der Waals surface area contributed by atoms with Crippen LogP contribution in [-0.4, -0.2) is 37.0 Å². The van der Waals surface area contributed by atoms with Gasteiger partial charge >= 0.3 is 0 Å². The lowest BCUT2D eigenvalue weighted by Gasteiger charge is -2.06. The smallest absolute Gasteiger partial charge is 0.280 e. The number of aliphatic hydroxyl groups is 1. The van der Waals surface area contributed by atoms with E-state index in [0.717, 1.165) is 18.6 Å². The fourth-order valence-electron chi connectivity index (χ4n) is 2.50. The van der Waals surface area contributed by atoms with Gasteiger partial charge in [0.1, 0.15) is 0 Å². The summed E-state index contributed by atoms with van der Waals surface area (Å²) in [4.78, 5) is 22.9. The molecule has 0 aliphatic rings. The van der Waals surface area contributed by atoms with Crippen molar-refractivity contribution in [3.63, 3.8) is 0 Å². The van der Waals surface area contributed by atoms with E-state index >= 15 is 0 Å². The first-order valence-corrected chi connectivity index (χ1v) is 8.71. The Morgan fingerprint density at radius 3 is 2.79 bits per heavy atom. The van der Waals surface area contributed by atoms with Crippen molar-refractivity contribution in [2.75, 3.05) is 18.1 Å². The maximum Gasteiger partial charge on any atom is 0.280 e. The number of aromatic amines is 1. The quantitative estimate of drug-likeness (QED) is 0.441. The molecule has 2 aromatic heterocycles. The summed E-state index contributed by atoms with van der Waals surface area (Å²) in [7, 11) is 0. The van der Waals surface area contributed by atoms with Crippen molar-refractivity contribution in [1.82, 2.24) is 19.5 Å². The summed E-state index contributed by atoms with van der Waals surface area (Å²) in [5, 5.41) is 9.95. The van der Waals surface area contributed by atoms with Gasteiger partial charge in [0.05, 0.1) is 6.61 Å². The van der Waals surface area contributed by atoms with E-state index in [2.05, 4.69) is 27.1 Å². The number of H-pyrrole nitrogens is 1. The lowest BCUT2D eigenvalue weighted by atomic mass is 10.1. The van der Waals surface area contributed by atoms with Gasteiger partial charge in [-0.05, 0) is 18.4 Å². The number of thioether (sulfide) groups is 1. The summed E-state index contributed by atoms with van der Waals surface area (Å²) >= 11 is 1.55. The number of rotatable bonds is 7. The minimum Gasteiger partial charge on any atom is -0.395 e. The maximum atomic E-state index is 12.0. The average molecular weight is 345 g/mol. The molecule has 8 heteroatoms. The Morgan fingerprint density at radius 1 is 1.25 bits per heavy atom. The van der Waals surface area contributed by atoms with E-state index in [4.69, 9.17) is 5.73 Å². The number of benzene rings is 1. The highest BCUT2D eigenvalue weighted by Gasteiger charge is 2.15. The number of nitrogens with zero attached hydrogens (tertiary/aromatic N) is 3. The molecule has 0 amide bonds. The van der Waals surface area contributed by atoms with Crippen LogP contribution in [0.25, 0.3) is 11.2 Å². The summed E-state index contributed by atoms with van der Waals surface area (Å²) in [6.45, 7) is 0.269. The molecule has 3 aromatic rings. The van der Waals surface area contributed by atoms with Crippen LogP contribution in [0.3, 0.4) is 0 Å². The second-order valence-electron chi connectivity index (χ2n) is 5.33. The molecule has 1 aromatic carbocycles. The van der Waals surface area contributed by atoms with Crippen molar-refractivity contribution < 1.29 is 5.11 Å². The highest BCUT2D eigenvalue weighted by molar-refractivity contribution is 7.99. The molecule has 0 fully saturated rings. The number of imidazole rings is 1. The second-order valence-corrected chi connectivity index (χ2v) is 6.39. The average Bonchev–Trinajstić information content (AvgIpc) is 2.91. The first-order chi connectivity index (χ1) is 11.7. The van der Waals surface area contributed by atoms with Gasteiger partial charge in [0.2, 0.25) is 5.95 Å². The molecule has 0 atom stereocenters. The van der Waals surface area contributed by atoms with Gasteiger partial charge in [0, 0.05) is 12.3 Å². The SMILES string of the molecule is Nc1nc2c(nc(SCCCc3ccccc3)n2CCO)c(=O)[nH]1. The van der Waals surface area contributed by atoms with Gasteiger partial charge < -0.3 is 15.4 Å². The molecule has 4 N–H and O–H groups in total. The standard InChI is InChI=1S/C16H19N5O2S/c17-15-19-13-12(14(23)20-15)18-16(21(13)8-9-22)24-10-4-7-11-5-2-1-3-6-11/h1-3,5-6,22H,4,7-10H2,(H3,17,19,20,23). The van der Waals surface area contributed by atoms with E-state index in [0.29, 0.717) is 17.3 Å².